The molecule has 3 aromatic carbocycles. The Balaban J connectivity index is 1.32. The lowest BCUT2D eigenvalue weighted by Gasteiger charge is -2.33. The highest BCUT2D eigenvalue weighted by Crippen LogP contribution is 2.34. The van der Waals surface area contributed by atoms with E-state index in [-0.39, 0.29) is 11.4 Å². The highest BCUT2D eigenvalue weighted by atomic mass is 16.5. The first-order valence-electron chi connectivity index (χ1n) is 14.1. The average molecular weight is 565 g/mol. The number of nitrogens with zero attached hydrogens (tertiary/aromatic N) is 6. The number of amides is 2. The van der Waals surface area contributed by atoms with Crippen LogP contribution in [0.2, 0.25) is 0 Å². The van der Waals surface area contributed by atoms with E-state index in [9.17, 15) is 4.79 Å². The monoisotopic (exact) mass is 564 g/mol. The summed E-state index contributed by atoms with van der Waals surface area (Å²) in [5, 5.41) is 7.88. The summed E-state index contributed by atoms with van der Waals surface area (Å²) in [6, 6.07) is 17.4. The third-order valence-electron chi connectivity index (χ3n) is 7.84. The number of fused-ring (bicyclic) bond motifs is 2. The number of hydrogen-bond acceptors (Lipinski definition) is 7. The summed E-state index contributed by atoms with van der Waals surface area (Å²) in [6.07, 6.45) is 3.41. The van der Waals surface area contributed by atoms with Crippen molar-refractivity contribution >= 4 is 45.2 Å². The molecule has 216 valence electrons. The predicted molar refractivity (Wildman–Crippen MR) is 168 cm³/mol. The van der Waals surface area contributed by atoms with E-state index in [2.05, 4.69) is 58.2 Å². The number of benzene rings is 3. The fraction of sp³-hybridized carbons (Fsp3) is 0.312. The minimum atomic E-state index is -0.352. The topological polar surface area (TPSA) is 100 Å². The van der Waals surface area contributed by atoms with Crippen molar-refractivity contribution in [1.29, 1.82) is 0 Å². The number of anilines is 3. The second kappa shape index (κ2) is 10.9. The zero-order valence-electron chi connectivity index (χ0n) is 24.7. The molecular weight excluding hydrogens is 528 g/mol. The lowest BCUT2D eigenvalue weighted by molar-refractivity contribution is 0.262. The van der Waals surface area contributed by atoms with E-state index in [1.165, 1.54) is 0 Å². The van der Waals surface area contributed by atoms with E-state index < -0.39 is 0 Å². The van der Waals surface area contributed by atoms with Crippen LogP contribution in [0.3, 0.4) is 0 Å². The number of rotatable bonds is 5. The molecule has 5 aromatic rings. The Morgan fingerprint density at radius 2 is 1.62 bits per heavy atom. The summed E-state index contributed by atoms with van der Waals surface area (Å²) >= 11 is 0. The van der Waals surface area contributed by atoms with Crippen LogP contribution in [-0.2, 0) is 5.41 Å². The van der Waals surface area contributed by atoms with Crippen LogP contribution < -0.4 is 20.3 Å². The summed E-state index contributed by atoms with van der Waals surface area (Å²) in [7, 11) is 3.73. The average Bonchev–Trinajstić information content (AvgIpc) is 3.41. The number of piperazine rings is 1. The number of aromatic nitrogens is 4. The van der Waals surface area contributed by atoms with Gasteiger partial charge in [-0.3, -0.25) is 4.57 Å². The van der Waals surface area contributed by atoms with Crippen LogP contribution in [0.25, 0.3) is 27.6 Å². The van der Waals surface area contributed by atoms with Crippen molar-refractivity contribution in [3.05, 3.63) is 72.8 Å². The van der Waals surface area contributed by atoms with Gasteiger partial charge in [0.05, 0.1) is 24.2 Å². The number of carbonyl (C=O) groups excluding carboxylic acids is 1. The van der Waals surface area contributed by atoms with E-state index >= 15 is 0 Å². The van der Waals surface area contributed by atoms with Gasteiger partial charge in [0.15, 0.2) is 17.0 Å². The third kappa shape index (κ3) is 5.21. The standard InChI is InChI=1S/C32H36N8O2/c1-32(2,3)21-10-13-27(42-5)25(18-21)37-31(41)36-24-11-12-26(23-9-7-6-8-22(23)24)40-20-35-28-29(33-19-34-30(28)40)39-16-14-38(4)15-17-39/h6-13,18-20H,14-17H2,1-5H3,(H2,36,37,41). The number of urea groups is 1. The van der Waals surface area contributed by atoms with Crippen LogP contribution in [0.4, 0.5) is 22.0 Å². The lowest BCUT2D eigenvalue weighted by atomic mass is 9.87. The molecule has 0 aliphatic carbocycles. The van der Waals surface area contributed by atoms with Crippen LogP contribution in [0.1, 0.15) is 26.3 Å². The molecule has 2 N–H and O–H groups in total. The van der Waals surface area contributed by atoms with Crippen LogP contribution in [0.5, 0.6) is 5.75 Å². The fourth-order valence-electron chi connectivity index (χ4n) is 5.40. The van der Waals surface area contributed by atoms with Gasteiger partial charge in [-0.25, -0.2) is 19.7 Å². The predicted octanol–water partition coefficient (Wildman–Crippen LogP) is 5.67. The van der Waals surface area contributed by atoms with Gasteiger partial charge in [0.1, 0.15) is 18.4 Å². The zero-order valence-corrected chi connectivity index (χ0v) is 24.7. The molecule has 6 rings (SSSR count). The third-order valence-corrected chi connectivity index (χ3v) is 7.84. The van der Waals surface area contributed by atoms with Crippen LogP contribution in [-0.4, -0.2) is 70.8 Å². The number of hydrogen-bond donors (Lipinski definition) is 2. The van der Waals surface area contributed by atoms with Gasteiger partial charge in [0, 0.05) is 37.0 Å². The van der Waals surface area contributed by atoms with Crippen molar-refractivity contribution in [2.45, 2.75) is 26.2 Å². The van der Waals surface area contributed by atoms with Crippen LogP contribution >= 0.6 is 0 Å². The summed E-state index contributed by atoms with van der Waals surface area (Å²) in [6.45, 7) is 10.2. The first-order valence-corrected chi connectivity index (χ1v) is 14.1. The molecule has 1 aliphatic rings. The smallest absolute Gasteiger partial charge is 0.323 e. The first kappa shape index (κ1) is 27.5. The van der Waals surface area contributed by atoms with Gasteiger partial charge in [-0.2, -0.15) is 0 Å². The van der Waals surface area contributed by atoms with Crippen molar-refractivity contribution in [2.24, 2.45) is 0 Å². The largest absolute Gasteiger partial charge is 0.495 e. The first-order chi connectivity index (χ1) is 20.2. The van der Waals surface area contributed by atoms with Gasteiger partial charge < -0.3 is 25.2 Å². The normalized spacial score (nSPS) is 14.4. The maximum Gasteiger partial charge on any atom is 0.323 e. The molecule has 0 spiro atoms. The molecule has 1 aliphatic heterocycles. The lowest BCUT2D eigenvalue weighted by Crippen LogP contribution is -2.44. The Bertz CT molecular complexity index is 1770. The molecule has 2 aromatic heterocycles. The summed E-state index contributed by atoms with van der Waals surface area (Å²) in [5.74, 6) is 1.46. The molecule has 10 heteroatoms. The Hall–Kier alpha value is -4.70. The minimum Gasteiger partial charge on any atom is -0.495 e. The van der Waals surface area contributed by atoms with Gasteiger partial charge in [-0.05, 0) is 42.3 Å². The molecule has 42 heavy (non-hydrogen) atoms. The second-order valence-electron chi connectivity index (χ2n) is 11.7. The Labute approximate surface area is 245 Å². The van der Waals surface area contributed by atoms with Gasteiger partial charge in [0.25, 0.3) is 0 Å². The van der Waals surface area contributed by atoms with E-state index in [1.807, 2.05) is 59.2 Å². The molecule has 2 amide bonds. The summed E-state index contributed by atoms with van der Waals surface area (Å²) < 4.78 is 7.50. The SMILES string of the molecule is COc1ccc(C(C)(C)C)cc1NC(=O)Nc1ccc(-n2cnc3c(N4CCN(C)CC4)ncnc32)c2ccccc12. The summed E-state index contributed by atoms with van der Waals surface area (Å²) in [5.41, 5.74) is 4.77. The van der Waals surface area contributed by atoms with Crippen molar-refractivity contribution < 1.29 is 9.53 Å². The molecule has 0 unspecified atom stereocenters. The zero-order chi connectivity index (χ0) is 29.4. The molecule has 0 saturated carbocycles. The Kier molecular flexibility index (Phi) is 7.16. The van der Waals surface area contributed by atoms with E-state index in [0.717, 1.165) is 65.2 Å². The molecular formula is C32H36N8O2. The molecule has 0 atom stereocenters. The summed E-state index contributed by atoms with van der Waals surface area (Å²) in [4.78, 5) is 31.8. The van der Waals surface area contributed by atoms with E-state index in [4.69, 9.17) is 9.72 Å². The number of methoxy groups -OCH3 is 1. The quantitative estimate of drug-likeness (QED) is 0.284. The highest BCUT2D eigenvalue weighted by Gasteiger charge is 2.22. The van der Waals surface area contributed by atoms with Crippen molar-refractivity contribution in [1.82, 2.24) is 24.4 Å². The van der Waals surface area contributed by atoms with Gasteiger partial charge in [0.2, 0.25) is 0 Å². The fourth-order valence-corrected chi connectivity index (χ4v) is 5.40. The Morgan fingerprint density at radius 1 is 0.881 bits per heavy atom. The van der Waals surface area contributed by atoms with Crippen molar-refractivity contribution in [3.63, 3.8) is 0 Å². The van der Waals surface area contributed by atoms with Crippen molar-refractivity contribution in [2.75, 3.05) is 55.9 Å². The van der Waals surface area contributed by atoms with Crippen LogP contribution in [0, 0.1) is 0 Å². The maximum atomic E-state index is 13.2. The number of carbonyl (C=O) groups is 1. The minimum absolute atomic E-state index is 0.0706. The molecule has 0 radical (unpaired) electrons. The molecule has 1 fully saturated rings. The van der Waals surface area contributed by atoms with Gasteiger partial charge in [-0.1, -0.05) is 51.1 Å². The molecule has 1 saturated heterocycles. The van der Waals surface area contributed by atoms with Crippen molar-refractivity contribution in [3.8, 4) is 11.4 Å². The molecule has 3 heterocycles. The number of imidazole rings is 1. The van der Waals surface area contributed by atoms with E-state index in [1.54, 1.807) is 19.8 Å². The second-order valence-corrected chi connectivity index (χ2v) is 11.7. The van der Waals surface area contributed by atoms with Gasteiger partial charge in [-0.15, -0.1) is 0 Å². The van der Waals surface area contributed by atoms with Gasteiger partial charge >= 0.3 is 6.03 Å². The highest BCUT2D eigenvalue weighted by molar-refractivity contribution is 6.08. The number of ether oxygens (including phenoxy) is 1. The Morgan fingerprint density at radius 3 is 2.36 bits per heavy atom. The number of nitrogens with one attached hydrogen (secondary N) is 2. The van der Waals surface area contributed by atoms with E-state index in [0.29, 0.717) is 17.1 Å². The number of likely N-dealkylation sites (N-methyl/N-ethyl adjacent to an activating group) is 1. The molecule has 0 bridgehead atoms. The maximum absolute atomic E-state index is 13.2. The molecule has 10 nitrogen and oxygen atoms in total. The van der Waals surface area contributed by atoms with Crippen LogP contribution in [0.15, 0.2) is 67.3 Å².